The van der Waals surface area contributed by atoms with Crippen LogP contribution in [0.5, 0.6) is 0 Å². The topological polar surface area (TPSA) is 83.0 Å². The largest absolute Gasteiger partial charge is 0.394 e. The lowest BCUT2D eigenvalue weighted by Crippen LogP contribution is -2.21. The van der Waals surface area contributed by atoms with E-state index >= 15 is 0 Å². The first-order valence-electron chi connectivity index (χ1n) is 8.67. The summed E-state index contributed by atoms with van der Waals surface area (Å²) in [4.78, 5) is 13.2. The maximum absolute atomic E-state index is 9.33. The highest BCUT2D eigenvalue weighted by Gasteiger charge is 2.12. The zero-order chi connectivity index (χ0) is 19.4. The normalized spacial score (nSPS) is 11.9. The summed E-state index contributed by atoms with van der Waals surface area (Å²) in [6.45, 7) is 5.83. The average Bonchev–Trinajstić information content (AvgIpc) is 2.68. The van der Waals surface area contributed by atoms with Gasteiger partial charge in [0.1, 0.15) is 5.82 Å². The van der Waals surface area contributed by atoms with E-state index in [4.69, 9.17) is 11.6 Å². The molecule has 3 rings (SSSR count). The first-order chi connectivity index (χ1) is 13.0. The van der Waals surface area contributed by atoms with E-state index in [-0.39, 0.29) is 12.6 Å². The number of pyridine rings is 1. The number of nitrogens with one attached hydrogen (secondary N) is 2. The Morgan fingerprint density at radius 1 is 1.11 bits per heavy atom. The molecule has 0 amide bonds. The number of aromatic nitrogens is 3. The summed E-state index contributed by atoms with van der Waals surface area (Å²) in [5, 5.41) is 16.5. The number of aliphatic hydroxyl groups is 1. The van der Waals surface area contributed by atoms with E-state index in [9.17, 15) is 5.11 Å². The molecular formula is C20H22ClN5O. The third kappa shape index (κ3) is 4.53. The monoisotopic (exact) mass is 383 g/mol. The molecule has 0 aliphatic heterocycles. The maximum atomic E-state index is 9.33. The lowest BCUT2D eigenvalue weighted by Gasteiger charge is -2.16. The van der Waals surface area contributed by atoms with Gasteiger partial charge < -0.3 is 15.7 Å². The van der Waals surface area contributed by atoms with Crippen molar-refractivity contribution in [3.05, 3.63) is 58.9 Å². The molecule has 0 aliphatic rings. The number of aryl methyl sites for hydroxylation is 1. The van der Waals surface area contributed by atoms with Crippen molar-refractivity contribution in [2.45, 2.75) is 26.8 Å². The summed E-state index contributed by atoms with van der Waals surface area (Å²) in [6.07, 6.45) is 3.44. The molecule has 0 saturated carbocycles. The van der Waals surface area contributed by atoms with Crippen molar-refractivity contribution in [2.75, 3.05) is 17.2 Å². The van der Waals surface area contributed by atoms with E-state index in [1.807, 2.05) is 51.1 Å². The van der Waals surface area contributed by atoms with Crippen LogP contribution in [0, 0.1) is 13.8 Å². The van der Waals surface area contributed by atoms with Crippen molar-refractivity contribution < 1.29 is 5.11 Å². The van der Waals surface area contributed by atoms with Crippen LogP contribution in [0.1, 0.15) is 18.1 Å². The molecule has 0 bridgehead atoms. The Morgan fingerprint density at radius 2 is 1.85 bits per heavy atom. The van der Waals surface area contributed by atoms with Gasteiger partial charge in [-0.15, -0.1) is 0 Å². The van der Waals surface area contributed by atoms with Gasteiger partial charge in [-0.3, -0.25) is 4.98 Å². The third-order valence-corrected chi connectivity index (χ3v) is 4.62. The molecule has 0 fully saturated rings. The molecular weight excluding hydrogens is 362 g/mol. The molecule has 2 heterocycles. The van der Waals surface area contributed by atoms with Gasteiger partial charge in [0.15, 0.2) is 0 Å². The van der Waals surface area contributed by atoms with Crippen molar-refractivity contribution in [1.82, 2.24) is 15.0 Å². The second-order valence-electron chi connectivity index (χ2n) is 6.42. The van der Waals surface area contributed by atoms with Crippen LogP contribution in [-0.2, 0) is 0 Å². The Kier molecular flexibility index (Phi) is 5.88. The fourth-order valence-electron chi connectivity index (χ4n) is 2.65. The third-order valence-electron chi connectivity index (χ3n) is 4.21. The Morgan fingerprint density at radius 3 is 2.56 bits per heavy atom. The number of benzene rings is 1. The summed E-state index contributed by atoms with van der Waals surface area (Å²) >= 11 is 6.28. The van der Waals surface area contributed by atoms with Crippen LogP contribution in [0.25, 0.3) is 11.3 Å². The van der Waals surface area contributed by atoms with Crippen LogP contribution in [0.4, 0.5) is 17.5 Å². The molecule has 3 aromatic rings. The molecule has 1 aromatic carbocycles. The maximum Gasteiger partial charge on any atom is 0.225 e. The van der Waals surface area contributed by atoms with Gasteiger partial charge in [0.2, 0.25) is 5.95 Å². The van der Waals surface area contributed by atoms with Crippen LogP contribution < -0.4 is 10.6 Å². The fraction of sp³-hybridized carbons (Fsp3) is 0.250. The van der Waals surface area contributed by atoms with Gasteiger partial charge in [-0.1, -0.05) is 17.7 Å². The molecule has 7 heteroatoms. The summed E-state index contributed by atoms with van der Waals surface area (Å²) in [7, 11) is 0. The zero-order valence-electron chi connectivity index (χ0n) is 15.5. The highest BCUT2D eigenvalue weighted by atomic mass is 35.5. The van der Waals surface area contributed by atoms with Crippen molar-refractivity contribution in [3.8, 4) is 11.3 Å². The quantitative estimate of drug-likeness (QED) is 0.587. The number of hydrogen-bond donors (Lipinski definition) is 3. The summed E-state index contributed by atoms with van der Waals surface area (Å²) in [5.41, 5.74) is 4.62. The first kappa shape index (κ1) is 19.1. The minimum Gasteiger partial charge on any atom is -0.394 e. The fourth-order valence-corrected chi connectivity index (χ4v) is 2.81. The van der Waals surface area contributed by atoms with Gasteiger partial charge in [-0.25, -0.2) is 4.98 Å². The van der Waals surface area contributed by atoms with E-state index in [0.29, 0.717) is 16.8 Å². The number of anilines is 3. The standard InChI is InChI=1S/C20H22ClN5O/c1-12-4-5-16(21)14(3)19(12)25-18-10-17(15-6-8-22-9-7-15)24-20(26-18)23-13(2)11-27/h4-10,13,27H,11H2,1-3H3,(H2,23,24,25,26)/t13-/m0/s1. The van der Waals surface area contributed by atoms with E-state index in [0.717, 1.165) is 28.1 Å². The molecule has 3 N–H and O–H groups in total. The molecule has 140 valence electrons. The van der Waals surface area contributed by atoms with E-state index in [2.05, 4.69) is 25.6 Å². The lowest BCUT2D eigenvalue weighted by molar-refractivity contribution is 0.281. The molecule has 0 saturated heterocycles. The second kappa shape index (κ2) is 8.33. The number of rotatable bonds is 6. The Hall–Kier alpha value is -2.70. The molecule has 27 heavy (non-hydrogen) atoms. The Bertz CT molecular complexity index is 933. The first-order valence-corrected chi connectivity index (χ1v) is 9.05. The van der Waals surface area contributed by atoms with Crippen LogP contribution in [0.3, 0.4) is 0 Å². The summed E-state index contributed by atoms with van der Waals surface area (Å²) < 4.78 is 0. The molecule has 0 spiro atoms. The minimum absolute atomic E-state index is 0.0158. The van der Waals surface area contributed by atoms with Crippen molar-refractivity contribution in [3.63, 3.8) is 0 Å². The highest BCUT2D eigenvalue weighted by Crippen LogP contribution is 2.30. The SMILES string of the molecule is Cc1ccc(Cl)c(C)c1Nc1cc(-c2ccncc2)nc(N[C@@H](C)CO)n1. The Balaban J connectivity index is 2.04. The number of hydrogen-bond acceptors (Lipinski definition) is 6. The van der Waals surface area contributed by atoms with E-state index in [1.54, 1.807) is 12.4 Å². The average molecular weight is 384 g/mol. The van der Waals surface area contributed by atoms with Gasteiger partial charge >= 0.3 is 0 Å². The molecule has 2 aromatic heterocycles. The van der Waals surface area contributed by atoms with Gasteiger partial charge in [-0.2, -0.15) is 4.98 Å². The van der Waals surface area contributed by atoms with Gasteiger partial charge in [0.25, 0.3) is 0 Å². The molecule has 0 unspecified atom stereocenters. The predicted octanol–water partition coefficient (Wildman–Crippen LogP) is 4.35. The molecule has 0 aliphatic carbocycles. The molecule has 0 radical (unpaired) electrons. The number of aliphatic hydroxyl groups excluding tert-OH is 1. The second-order valence-corrected chi connectivity index (χ2v) is 6.82. The molecule has 1 atom stereocenters. The summed E-state index contributed by atoms with van der Waals surface area (Å²) in [6, 6.07) is 9.35. The van der Waals surface area contributed by atoms with E-state index < -0.39 is 0 Å². The summed E-state index contributed by atoms with van der Waals surface area (Å²) in [5.74, 6) is 1.07. The lowest BCUT2D eigenvalue weighted by atomic mass is 10.1. The van der Waals surface area contributed by atoms with Gasteiger partial charge in [-0.05, 0) is 50.1 Å². The van der Waals surface area contributed by atoms with E-state index in [1.165, 1.54) is 0 Å². The molecule has 6 nitrogen and oxygen atoms in total. The van der Waals surface area contributed by atoms with Crippen molar-refractivity contribution >= 4 is 29.1 Å². The van der Waals surface area contributed by atoms with Gasteiger partial charge in [0, 0.05) is 40.8 Å². The van der Waals surface area contributed by atoms with Crippen molar-refractivity contribution in [2.24, 2.45) is 0 Å². The number of nitrogens with zero attached hydrogens (tertiary/aromatic N) is 3. The van der Waals surface area contributed by atoms with Gasteiger partial charge in [0.05, 0.1) is 12.3 Å². The number of halogens is 1. The van der Waals surface area contributed by atoms with Crippen LogP contribution >= 0.6 is 11.6 Å². The highest BCUT2D eigenvalue weighted by molar-refractivity contribution is 6.31. The zero-order valence-corrected chi connectivity index (χ0v) is 16.2. The van der Waals surface area contributed by atoms with Crippen LogP contribution in [0.2, 0.25) is 5.02 Å². The van der Waals surface area contributed by atoms with Crippen LogP contribution in [0.15, 0.2) is 42.7 Å². The smallest absolute Gasteiger partial charge is 0.225 e. The van der Waals surface area contributed by atoms with Crippen molar-refractivity contribution in [1.29, 1.82) is 0 Å². The van der Waals surface area contributed by atoms with Crippen LogP contribution in [-0.4, -0.2) is 32.7 Å². The minimum atomic E-state index is -0.166. The predicted molar refractivity (Wildman–Crippen MR) is 110 cm³/mol. The Labute approximate surface area is 163 Å².